The van der Waals surface area contributed by atoms with Gasteiger partial charge in [0.2, 0.25) is 11.8 Å². The molecule has 0 aliphatic carbocycles. The molecule has 2 aliphatic heterocycles. The van der Waals surface area contributed by atoms with E-state index in [1.807, 2.05) is 42.5 Å². The van der Waals surface area contributed by atoms with Crippen molar-refractivity contribution < 1.29 is 14.3 Å². The zero-order valence-corrected chi connectivity index (χ0v) is 17.8. The van der Waals surface area contributed by atoms with Crippen LogP contribution in [0.15, 0.2) is 60.2 Å². The molecule has 0 saturated carbocycles. The van der Waals surface area contributed by atoms with Crippen LogP contribution in [0.2, 0.25) is 5.02 Å². The van der Waals surface area contributed by atoms with Crippen LogP contribution in [0.25, 0.3) is 6.08 Å². The van der Waals surface area contributed by atoms with Crippen LogP contribution >= 0.6 is 11.6 Å². The molecule has 0 atom stereocenters. The van der Waals surface area contributed by atoms with Gasteiger partial charge < -0.3 is 20.7 Å². The van der Waals surface area contributed by atoms with Gasteiger partial charge in [-0.15, -0.1) is 0 Å². The van der Waals surface area contributed by atoms with Crippen molar-refractivity contribution in [1.29, 1.82) is 0 Å². The fourth-order valence-electron chi connectivity index (χ4n) is 3.81. The minimum absolute atomic E-state index is 0.0308. The van der Waals surface area contributed by atoms with Crippen molar-refractivity contribution in [2.75, 3.05) is 29.9 Å². The van der Waals surface area contributed by atoms with E-state index in [9.17, 15) is 9.59 Å². The van der Waals surface area contributed by atoms with E-state index < -0.39 is 0 Å². The Morgan fingerprint density at radius 3 is 2.58 bits per heavy atom. The number of halogens is 1. The summed E-state index contributed by atoms with van der Waals surface area (Å²) in [7, 11) is 0. The van der Waals surface area contributed by atoms with Gasteiger partial charge in [-0.2, -0.15) is 0 Å². The van der Waals surface area contributed by atoms with E-state index in [2.05, 4.69) is 10.2 Å². The molecule has 1 fully saturated rings. The number of ether oxygens (including phenoxy) is 1. The molecule has 0 aromatic heterocycles. The summed E-state index contributed by atoms with van der Waals surface area (Å²) < 4.78 is 5.69. The topological polar surface area (TPSA) is 84.7 Å². The second-order valence-electron chi connectivity index (χ2n) is 7.72. The van der Waals surface area contributed by atoms with Gasteiger partial charge in [0.25, 0.3) is 0 Å². The lowest BCUT2D eigenvalue weighted by Crippen LogP contribution is -2.38. The third-order valence-corrected chi connectivity index (χ3v) is 5.79. The number of fused-ring (bicyclic) bond motifs is 1. The third kappa shape index (κ3) is 5.27. The van der Waals surface area contributed by atoms with Crippen LogP contribution in [0.3, 0.4) is 0 Å². The fraction of sp³-hybridized carbons (Fsp3) is 0.250. The quantitative estimate of drug-likeness (QED) is 0.692. The molecule has 2 aromatic rings. The lowest BCUT2D eigenvalue weighted by molar-refractivity contribution is -0.122. The minimum Gasteiger partial charge on any atom is -0.488 e. The average molecular weight is 438 g/mol. The molecule has 0 bridgehead atoms. The fourth-order valence-corrected chi connectivity index (χ4v) is 3.99. The highest BCUT2D eigenvalue weighted by molar-refractivity contribution is 6.30. The van der Waals surface area contributed by atoms with E-state index in [1.165, 1.54) is 6.08 Å². The van der Waals surface area contributed by atoms with Crippen LogP contribution in [0.4, 0.5) is 11.4 Å². The Balaban J connectivity index is 1.32. The Morgan fingerprint density at radius 1 is 1.13 bits per heavy atom. The minimum atomic E-state index is -0.215. The summed E-state index contributed by atoms with van der Waals surface area (Å²) in [6.07, 6.45) is 6.75. The number of piperidine rings is 1. The van der Waals surface area contributed by atoms with Crippen molar-refractivity contribution in [2.45, 2.75) is 12.8 Å². The zero-order valence-electron chi connectivity index (χ0n) is 17.0. The first-order valence-electron chi connectivity index (χ1n) is 10.2. The van der Waals surface area contributed by atoms with Gasteiger partial charge in [0.05, 0.1) is 0 Å². The van der Waals surface area contributed by atoms with Gasteiger partial charge in [-0.3, -0.25) is 9.59 Å². The van der Waals surface area contributed by atoms with Crippen molar-refractivity contribution in [3.63, 3.8) is 0 Å². The second-order valence-corrected chi connectivity index (χ2v) is 8.16. The standard InChI is InChI=1S/C24H24ClN3O3/c25-19-2-7-22-18(14-19)13-16(15-31-22)1-8-23(29)27-20-3-5-21(6-4-20)28-11-9-17(10-12-28)24(26)30/h1-8,13-14,17H,9-12,15H2,(H2,26,30)(H,27,29)/b8-1+. The Morgan fingerprint density at radius 2 is 1.87 bits per heavy atom. The summed E-state index contributed by atoms with van der Waals surface area (Å²) in [5, 5.41) is 3.51. The van der Waals surface area contributed by atoms with Crippen molar-refractivity contribution in [3.8, 4) is 5.75 Å². The monoisotopic (exact) mass is 437 g/mol. The largest absolute Gasteiger partial charge is 0.488 e. The van der Waals surface area contributed by atoms with Crippen LogP contribution in [0.1, 0.15) is 18.4 Å². The molecule has 31 heavy (non-hydrogen) atoms. The summed E-state index contributed by atoms with van der Waals surface area (Å²) in [6.45, 7) is 2.00. The zero-order chi connectivity index (χ0) is 21.8. The number of benzene rings is 2. The Bertz CT molecular complexity index is 1040. The molecule has 1 saturated heterocycles. The highest BCUT2D eigenvalue weighted by atomic mass is 35.5. The lowest BCUT2D eigenvalue weighted by Gasteiger charge is -2.32. The van der Waals surface area contributed by atoms with E-state index in [1.54, 1.807) is 12.1 Å². The number of carbonyl (C=O) groups is 2. The van der Waals surface area contributed by atoms with Crippen LogP contribution in [0.5, 0.6) is 5.75 Å². The molecule has 160 valence electrons. The highest BCUT2D eigenvalue weighted by Gasteiger charge is 2.23. The molecule has 2 aromatic carbocycles. The maximum Gasteiger partial charge on any atom is 0.248 e. The molecular formula is C24H24ClN3O3. The number of carbonyl (C=O) groups excluding carboxylic acids is 2. The van der Waals surface area contributed by atoms with Gasteiger partial charge in [0.15, 0.2) is 0 Å². The molecule has 0 spiro atoms. The molecule has 6 nitrogen and oxygen atoms in total. The number of nitrogens with two attached hydrogens (primary N) is 1. The second kappa shape index (κ2) is 9.27. The molecule has 0 unspecified atom stereocenters. The number of amides is 2. The molecule has 0 radical (unpaired) electrons. The summed E-state index contributed by atoms with van der Waals surface area (Å²) in [5.74, 6) is 0.323. The summed E-state index contributed by atoms with van der Waals surface area (Å²) >= 11 is 6.03. The molecule has 3 N–H and O–H groups in total. The Labute approximate surface area is 186 Å². The van der Waals surface area contributed by atoms with Crippen molar-refractivity contribution >= 4 is 40.9 Å². The van der Waals surface area contributed by atoms with E-state index in [0.717, 1.165) is 54.2 Å². The SMILES string of the molecule is NC(=O)C1CCN(c2ccc(NC(=O)/C=C/C3=Cc4cc(Cl)ccc4OC3)cc2)CC1. The van der Waals surface area contributed by atoms with Crippen molar-refractivity contribution in [2.24, 2.45) is 11.7 Å². The first-order valence-corrected chi connectivity index (χ1v) is 10.6. The molecule has 2 heterocycles. The smallest absolute Gasteiger partial charge is 0.248 e. The van der Waals surface area contributed by atoms with Gasteiger partial charge in [-0.1, -0.05) is 17.7 Å². The maximum absolute atomic E-state index is 12.3. The van der Waals surface area contributed by atoms with Crippen LogP contribution in [-0.2, 0) is 9.59 Å². The normalized spacial score (nSPS) is 16.4. The number of rotatable bonds is 5. The summed E-state index contributed by atoms with van der Waals surface area (Å²) in [4.78, 5) is 25.8. The van der Waals surface area contributed by atoms with E-state index in [-0.39, 0.29) is 17.7 Å². The van der Waals surface area contributed by atoms with Crippen molar-refractivity contribution in [1.82, 2.24) is 0 Å². The van der Waals surface area contributed by atoms with E-state index in [4.69, 9.17) is 22.1 Å². The summed E-state index contributed by atoms with van der Waals surface area (Å²) in [6, 6.07) is 13.2. The van der Waals surface area contributed by atoms with E-state index >= 15 is 0 Å². The molecule has 2 amide bonds. The van der Waals surface area contributed by atoms with Gasteiger partial charge in [-0.05, 0) is 67.0 Å². The lowest BCUT2D eigenvalue weighted by atomic mass is 9.96. The molecule has 7 heteroatoms. The Hall–Kier alpha value is -3.25. The number of hydrogen-bond acceptors (Lipinski definition) is 4. The Kier molecular flexibility index (Phi) is 6.28. The highest BCUT2D eigenvalue weighted by Crippen LogP contribution is 2.29. The summed E-state index contributed by atoms with van der Waals surface area (Å²) in [5.41, 5.74) is 8.97. The predicted molar refractivity (Wildman–Crippen MR) is 123 cm³/mol. The number of hydrogen-bond donors (Lipinski definition) is 2. The third-order valence-electron chi connectivity index (χ3n) is 5.55. The average Bonchev–Trinajstić information content (AvgIpc) is 2.78. The number of nitrogens with zero attached hydrogens (tertiary/aromatic N) is 1. The van der Waals surface area contributed by atoms with Crippen molar-refractivity contribution in [3.05, 3.63) is 70.8 Å². The first kappa shape index (κ1) is 21.0. The van der Waals surface area contributed by atoms with E-state index in [0.29, 0.717) is 11.6 Å². The van der Waals surface area contributed by atoms with Gasteiger partial charge >= 0.3 is 0 Å². The van der Waals surface area contributed by atoms with Gasteiger partial charge in [0, 0.05) is 47.0 Å². The van der Waals surface area contributed by atoms with Crippen LogP contribution in [0, 0.1) is 5.92 Å². The predicted octanol–water partition coefficient (Wildman–Crippen LogP) is 4.01. The molecular weight excluding hydrogens is 414 g/mol. The number of anilines is 2. The van der Waals surface area contributed by atoms with Gasteiger partial charge in [-0.25, -0.2) is 0 Å². The van der Waals surface area contributed by atoms with Crippen LogP contribution in [-0.4, -0.2) is 31.5 Å². The number of nitrogens with one attached hydrogen (secondary N) is 1. The number of primary amides is 1. The van der Waals surface area contributed by atoms with Crippen LogP contribution < -0.4 is 20.7 Å². The first-order chi connectivity index (χ1) is 15.0. The molecule has 4 rings (SSSR count). The molecule has 2 aliphatic rings. The van der Waals surface area contributed by atoms with Gasteiger partial charge in [0.1, 0.15) is 12.4 Å². The maximum atomic E-state index is 12.3.